The van der Waals surface area contributed by atoms with Gasteiger partial charge in [0.05, 0.1) is 26.8 Å². The van der Waals surface area contributed by atoms with Crippen LogP contribution in [0.15, 0.2) is 24.3 Å². The van der Waals surface area contributed by atoms with Crippen molar-refractivity contribution < 1.29 is 23.8 Å². The summed E-state index contributed by atoms with van der Waals surface area (Å²) in [5.74, 6) is 4.67. The van der Waals surface area contributed by atoms with Crippen LogP contribution in [0.2, 0.25) is 0 Å². The molecule has 0 heterocycles. The molecule has 6 heteroatoms. The molecule has 22 heavy (non-hydrogen) atoms. The fourth-order valence-corrected chi connectivity index (χ4v) is 1.46. The van der Waals surface area contributed by atoms with E-state index in [0.717, 1.165) is 11.3 Å². The lowest BCUT2D eigenvalue weighted by Crippen LogP contribution is -2.25. The third-order valence-electron chi connectivity index (χ3n) is 2.51. The highest BCUT2D eigenvalue weighted by atomic mass is 16.5. The molecule has 0 bridgehead atoms. The Bertz CT molecular complexity index is 542. The molecule has 118 valence electrons. The summed E-state index contributed by atoms with van der Waals surface area (Å²) >= 11 is 0. The molecule has 0 fully saturated rings. The van der Waals surface area contributed by atoms with E-state index in [9.17, 15) is 9.59 Å². The van der Waals surface area contributed by atoms with Gasteiger partial charge >= 0.3 is 11.9 Å². The molecule has 6 nitrogen and oxygen atoms in total. The number of methoxy groups -OCH3 is 1. The summed E-state index contributed by atoms with van der Waals surface area (Å²) in [5, 5.41) is 2.74. The predicted molar refractivity (Wildman–Crippen MR) is 80.1 cm³/mol. The minimum atomic E-state index is -0.617. The highest BCUT2D eigenvalue weighted by molar-refractivity contribution is 5.88. The zero-order chi connectivity index (χ0) is 16.2. The van der Waals surface area contributed by atoms with Crippen LogP contribution < -0.4 is 10.1 Å². The van der Waals surface area contributed by atoms with E-state index in [-0.39, 0.29) is 25.7 Å². The number of rotatable bonds is 7. The molecule has 0 aliphatic rings. The summed E-state index contributed by atoms with van der Waals surface area (Å²) in [4.78, 5) is 22.4. The molecule has 0 atom stereocenters. The second-order valence-corrected chi connectivity index (χ2v) is 4.13. The first-order valence-corrected chi connectivity index (χ1v) is 6.80. The van der Waals surface area contributed by atoms with Crippen molar-refractivity contribution in [1.29, 1.82) is 0 Å². The maximum atomic E-state index is 11.4. The number of carbonyl (C=O) groups is 2. The molecule has 1 aromatic carbocycles. The second kappa shape index (κ2) is 10.2. The highest BCUT2D eigenvalue weighted by Gasteiger charge is 2.00. The largest absolute Gasteiger partial charge is 0.497 e. The van der Waals surface area contributed by atoms with E-state index in [2.05, 4.69) is 17.2 Å². The van der Waals surface area contributed by atoms with E-state index in [1.165, 1.54) is 0 Å². The van der Waals surface area contributed by atoms with Crippen LogP contribution in [0, 0.1) is 11.8 Å². The van der Waals surface area contributed by atoms with Crippen molar-refractivity contribution in [3.63, 3.8) is 0 Å². The molecule has 0 unspecified atom stereocenters. The SMILES string of the molecule is CCOC(=O)CNCC#CC(=O)OCc1ccc(OC)cc1. The maximum Gasteiger partial charge on any atom is 0.384 e. The number of ether oxygens (including phenoxy) is 3. The molecule has 0 spiro atoms. The van der Waals surface area contributed by atoms with Crippen molar-refractivity contribution in [3.05, 3.63) is 29.8 Å². The Morgan fingerprint density at radius 2 is 1.91 bits per heavy atom. The Kier molecular flexibility index (Phi) is 8.16. The minimum absolute atomic E-state index is 0.0589. The van der Waals surface area contributed by atoms with Gasteiger partial charge in [0.15, 0.2) is 0 Å². The van der Waals surface area contributed by atoms with E-state index in [1.54, 1.807) is 38.3 Å². The topological polar surface area (TPSA) is 73.9 Å². The fourth-order valence-electron chi connectivity index (χ4n) is 1.46. The lowest BCUT2D eigenvalue weighted by Gasteiger charge is -2.03. The highest BCUT2D eigenvalue weighted by Crippen LogP contribution is 2.11. The number of hydrogen-bond acceptors (Lipinski definition) is 6. The average Bonchev–Trinajstić information content (AvgIpc) is 2.53. The van der Waals surface area contributed by atoms with Crippen LogP contribution in [0.3, 0.4) is 0 Å². The third kappa shape index (κ3) is 7.31. The molecule has 0 aliphatic heterocycles. The van der Waals surface area contributed by atoms with Gasteiger partial charge in [0.25, 0.3) is 0 Å². The van der Waals surface area contributed by atoms with Gasteiger partial charge in [0, 0.05) is 5.92 Å². The summed E-state index contributed by atoms with van der Waals surface area (Å²) in [7, 11) is 1.58. The van der Waals surface area contributed by atoms with Crippen molar-refractivity contribution >= 4 is 11.9 Å². The quantitative estimate of drug-likeness (QED) is 0.349. The van der Waals surface area contributed by atoms with E-state index in [1.807, 2.05) is 0 Å². The molecule has 1 aromatic rings. The van der Waals surface area contributed by atoms with Crippen LogP contribution in [0.5, 0.6) is 5.75 Å². The molecular formula is C16H19NO5. The molecule has 0 aromatic heterocycles. The molecule has 1 N–H and O–H groups in total. The van der Waals surface area contributed by atoms with E-state index < -0.39 is 5.97 Å². The lowest BCUT2D eigenvalue weighted by molar-refractivity contribution is -0.142. The van der Waals surface area contributed by atoms with Crippen LogP contribution in [-0.4, -0.2) is 38.7 Å². The van der Waals surface area contributed by atoms with Crippen LogP contribution in [0.1, 0.15) is 12.5 Å². The van der Waals surface area contributed by atoms with Crippen LogP contribution in [0.4, 0.5) is 0 Å². The zero-order valence-electron chi connectivity index (χ0n) is 12.7. The Hall–Kier alpha value is -2.52. The normalized spacial score (nSPS) is 9.36. The summed E-state index contributed by atoms with van der Waals surface area (Å²) in [6, 6.07) is 7.18. The molecule has 0 saturated carbocycles. The Balaban J connectivity index is 2.23. The first-order chi connectivity index (χ1) is 10.7. The van der Waals surface area contributed by atoms with Gasteiger partial charge in [-0.05, 0) is 24.6 Å². The van der Waals surface area contributed by atoms with Crippen LogP contribution in [-0.2, 0) is 25.7 Å². The molecular weight excluding hydrogens is 286 g/mol. The zero-order valence-corrected chi connectivity index (χ0v) is 12.7. The van der Waals surface area contributed by atoms with Gasteiger partial charge in [-0.25, -0.2) is 4.79 Å². The van der Waals surface area contributed by atoms with Crippen molar-refractivity contribution in [3.8, 4) is 17.6 Å². The van der Waals surface area contributed by atoms with Gasteiger partial charge in [0.1, 0.15) is 12.4 Å². The summed E-state index contributed by atoms with van der Waals surface area (Å²) in [6.07, 6.45) is 0. The number of esters is 2. The predicted octanol–water partition coefficient (Wildman–Crippen LogP) is 0.894. The summed E-state index contributed by atoms with van der Waals surface area (Å²) in [5.41, 5.74) is 0.844. The number of nitrogens with one attached hydrogen (secondary N) is 1. The summed E-state index contributed by atoms with van der Waals surface area (Å²) < 4.78 is 14.8. The van der Waals surface area contributed by atoms with Crippen molar-refractivity contribution in [2.45, 2.75) is 13.5 Å². The van der Waals surface area contributed by atoms with Crippen molar-refractivity contribution in [2.24, 2.45) is 0 Å². The van der Waals surface area contributed by atoms with Gasteiger partial charge in [0.2, 0.25) is 0 Å². The van der Waals surface area contributed by atoms with Crippen LogP contribution >= 0.6 is 0 Å². The van der Waals surface area contributed by atoms with E-state index in [0.29, 0.717) is 6.61 Å². The Morgan fingerprint density at radius 1 is 1.18 bits per heavy atom. The van der Waals surface area contributed by atoms with Crippen molar-refractivity contribution in [1.82, 2.24) is 5.32 Å². The number of hydrogen-bond donors (Lipinski definition) is 1. The first-order valence-electron chi connectivity index (χ1n) is 6.80. The minimum Gasteiger partial charge on any atom is -0.497 e. The number of carbonyl (C=O) groups excluding carboxylic acids is 2. The van der Waals surface area contributed by atoms with Gasteiger partial charge in [-0.3, -0.25) is 10.1 Å². The molecule has 0 radical (unpaired) electrons. The maximum absolute atomic E-state index is 11.4. The Morgan fingerprint density at radius 3 is 2.55 bits per heavy atom. The third-order valence-corrected chi connectivity index (χ3v) is 2.51. The van der Waals surface area contributed by atoms with Gasteiger partial charge in [-0.15, -0.1) is 0 Å². The monoisotopic (exact) mass is 305 g/mol. The van der Waals surface area contributed by atoms with Crippen LogP contribution in [0.25, 0.3) is 0 Å². The smallest absolute Gasteiger partial charge is 0.384 e. The lowest BCUT2D eigenvalue weighted by atomic mass is 10.2. The van der Waals surface area contributed by atoms with E-state index >= 15 is 0 Å². The van der Waals surface area contributed by atoms with E-state index in [4.69, 9.17) is 14.2 Å². The molecule has 0 saturated heterocycles. The van der Waals surface area contributed by atoms with Gasteiger partial charge in [-0.1, -0.05) is 18.1 Å². The summed E-state index contributed by atoms with van der Waals surface area (Å²) in [6.45, 7) is 2.48. The average molecular weight is 305 g/mol. The first kappa shape index (κ1) is 17.5. The standard InChI is InChI=1S/C16H19NO5/c1-3-21-16(19)11-17-10-4-5-15(18)22-12-13-6-8-14(20-2)9-7-13/h6-9,17H,3,10-12H2,1-2H3. The van der Waals surface area contributed by atoms with Gasteiger partial charge in [-0.2, -0.15) is 0 Å². The Labute approximate surface area is 129 Å². The second-order valence-electron chi connectivity index (χ2n) is 4.13. The van der Waals surface area contributed by atoms with Gasteiger partial charge < -0.3 is 14.2 Å². The van der Waals surface area contributed by atoms with Crippen molar-refractivity contribution in [2.75, 3.05) is 26.8 Å². The molecule has 0 amide bonds. The molecule has 0 aliphatic carbocycles. The number of benzene rings is 1. The molecule has 1 rings (SSSR count). The fraction of sp³-hybridized carbons (Fsp3) is 0.375.